The highest BCUT2D eigenvalue weighted by Crippen LogP contribution is 2.22. The topological polar surface area (TPSA) is 46.6 Å². The molecule has 0 saturated heterocycles. The summed E-state index contributed by atoms with van der Waals surface area (Å²) in [5.74, 6) is -0.613. The van der Waals surface area contributed by atoms with Crippen LogP contribution in [0.3, 0.4) is 0 Å². The second kappa shape index (κ2) is 6.54. The van der Waals surface area contributed by atoms with Gasteiger partial charge in [0, 0.05) is 24.5 Å². The zero-order chi connectivity index (χ0) is 16.4. The summed E-state index contributed by atoms with van der Waals surface area (Å²) in [6.45, 7) is 0.474. The monoisotopic (exact) mass is 373 g/mol. The number of amides is 1. The Hall–Kier alpha value is -2.14. The Morgan fingerprint density at radius 3 is 2.65 bits per heavy atom. The third-order valence-corrected chi connectivity index (χ3v) is 4.41. The summed E-state index contributed by atoms with van der Waals surface area (Å²) in [5.41, 5.74) is 2.43. The van der Waals surface area contributed by atoms with E-state index in [0.29, 0.717) is 18.5 Å². The van der Waals surface area contributed by atoms with Crippen LogP contribution in [0.25, 0.3) is 0 Å². The lowest BCUT2D eigenvalue weighted by Gasteiger charge is -2.27. The molecule has 5 heteroatoms. The number of nitrogens with zero attached hydrogens (tertiary/aromatic N) is 1. The van der Waals surface area contributed by atoms with Gasteiger partial charge in [-0.2, -0.15) is 0 Å². The number of benzene rings is 2. The minimum atomic E-state index is -0.752. The molecule has 0 bridgehead atoms. The number of hydrogen-bond acceptors (Lipinski definition) is 3. The lowest BCUT2D eigenvalue weighted by atomic mass is 9.98. The molecule has 1 unspecified atom stereocenters. The van der Waals surface area contributed by atoms with Crippen LogP contribution in [0.2, 0.25) is 0 Å². The van der Waals surface area contributed by atoms with E-state index in [1.165, 1.54) is 0 Å². The van der Waals surface area contributed by atoms with Crippen molar-refractivity contribution in [3.05, 3.63) is 69.7 Å². The van der Waals surface area contributed by atoms with Crippen LogP contribution >= 0.6 is 15.9 Å². The SMILES string of the molecule is CN(Cc1ccc(Br)cc1)C(=O)C1Cc2ccccc2C(=O)O1. The summed E-state index contributed by atoms with van der Waals surface area (Å²) in [5, 5.41) is 0. The molecule has 0 fully saturated rings. The molecule has 1 aliphatic rings. The third-order valence-electron chi connectivity index (χ3n) is 3.88. The van der Waals surface area contributed by atoms with Crippen molar-refractivity contribution in [1.82, 2.24) is 4.90 Å². The molecular weight excluding hydrogens is 358 g/mol. The van der Waals surface area contributed by atoms with Crippen LogP contribution in [-0.4, -0.2) is 29.9 Å². The van der Waals surface area contributed by atoms with Crippen molar-refractivity contribution in [3.63, 3.8) is 0 Å². The Labute approximate surface area is 143 Å². The highest BCUT2D eigenvalue weighted by molar-refractivity contribution is 9.10. The molecule has 1 amide bonds. The van der Waals surface area contributed by atoms with Crippen molar-refractivity contribution >= 4 is 27.8 Å². The Morgan fingerprint density at radius 1 is 1.22 bits per heavy atom. The van der Waals surface area contributed by atoms with Crippen molar-refractivity contribution < 1.29 is 14.3 Å². The van der Waals surface area contributed by atoms with Crippen LogP contribution < -0.4 is 0 Å². The average Bonchev–Trinajstić information content (AvgIpc) is 2.56. The van der Waals surface area contributed by atoms with Crippen LogP contribution in [0.15, 0.2) is 53.0 Å². The number of carbonyl (C=O) groups excluding carboxylic acids is 2. The molecule has 0 saturated carbocycles. The Balaban J connectivity index is 1.71. The van der Waals surface area contributed by atoms with E-state index in [2.05, 4.69) is 15.9 Å². The standard InChI is InChI=1S/C18H16BrNO3/c1-20(11-12-6-8-14(19)9-7-12)17(21)16-10-13-4-2-3-5-15(13)18(22)23-16/h2-9,16H,10-11H2,1H3. The van der Waals surface area contributed by atoms with Gasteiger partial charge in [-0.15, -0.1) is 0 Å². The van der Waals surface area contributed by atoms with E-state index in [9.17, 15) is 9.59 Å². The normalized spacial score (nSPS) is 16.4. The fourth-order valence-corrected chi connectivity index (χ4v) is 2.92. The van der Waals surface area contributed by atoms with Crippen molar-refractivity contribution in [1.29, 1.82) is 0 Å². The number of fused-ring (bicyclic) bond motifs is 1. The van der Waals surface area contributed by atoms with Gasteiger partial charge < -0.3 is 9.64 Å². The van der Waals surface area contributed by atoms with Crippen LogP contribution in [0.5, 0.6) is 0 Å². The summed E-state index contributed by atoms with van der Waals surface area (Å²) in [4.78, 5) is 26.2. The van der Waals surface area contributed by atoms with Crippen molar-refractivity contribution in [3.8, 4) is 0 Å². The van der Waals surface area contributed by atoms with Gasteiger partial charge in [0.15, 0.2) is 6.10 Å². The minimum absolute atomic E-state index is 0.184. The number of cyclic esters (lactones) is 1. The predicted molar refractivity (Wildman–Crippen MR) is 90.0 cm³/mol. The predicted octanol–water partition coefficient (Wildman–Crippen LogP) is 3.19. The summed E-state index contributed by atoms with van der Waals surface area (Å²) >= 11 is 3.39. The number of hydrogen-bond donors (Lipinski definition) is 0. The van der Waals surface area contributed by atoms with Crippen LogP contribution in [0.4, 0.5) is 0 Å². The number of esters is 1. The summed E-state index contributed by atoms with van der Waals surface area (Å²) in [7, 11) is 1.72. The quantitative estimate of drug-likeness (QED) is 0.776. The van der Waals surface area contributed by atoms with E-state index in [4.69, 9.17) is 4.74 Å². The first-order valence-corrected chi connectivity index (χ1v) is 8.12. The van der Waals surface area contributed by atoms with Gasteiger partial charge >= 0.3 is 5.97 Å². The minimum Gasteiger partial charge on any atom is -0.448 e. The average molecular weight is 374 g/mol. The van der Waals surface area contributed by atoms with Gasteiger partial charge in [-0.05, 0) is 29.3 Å². The number of halogens is 1. The molecule has 3 rings (SSSR count). The van der Waals surface area contributed by atoms with Crippen molar-refractivity contribution in [2.75, 3.05) is 7.05 Å². The maximum absolute atomic E-state index is 12.6. The van der Waals surface area contributed by atoms with E-state index in [0.717, 1.165) is 15.6 Å². The first-order valence-electron chi connectivity index (χ1n) is 7.33. The largest absolute Gasteiger partial charge is 0.448 e. The molecule has 1 heterocycles. The highest BCUT2D eigenvalue weighted by atomic mass is 79.9. The maximum atomic E-state index is 12.6. The highest BCUT2D eigenvalue weighted by Gasteiger charge is 2.32. The zero-order valence-corrected chi connectivity index (χ0v) is 14.2. The zero-order valence-electron chi connectivity index (χ0n) is 12.7. The molecule has 1 atom stereocenters. The molecule has 0 spiro atoms. The van der Waals surface area contributed by atoms with Gasteiger partial charge in [0.1, 0.15) is 0 Å². The van der Waals surface area contributed by atoms with Crippen LogP contribution in [-0.2, 0) is 22.5 Å². The molecule has 4 nitrogen and oxygen atoms in total. The summed E-state index contributed by atoms with van der Waals surface area (Å²) in [6.07, 6.45) is -0.330. The maximum Gasteiger partial charge on any atom is 0.339 e. The Kier molecular flexibility index (Phi) is 4.48. The lowest BCUT2D eigenvalue weighted by Crippen LogP contribution is -2.42. The molecule has 23 heavy (non-hydrogen) atoms. The van der Waals surface area contributed by atoms with E-state index in [1.807, 2.05) is 36.4 Å². The van der Waals surface area contributed by atoms with Gasteiger partial charge in [0.25, 0.3) is 5.91 Å². The van der Waals surface area contributed by atoms with Crippen LogP contribution in [0, 0.1) is 0 Å². The van der Waals surface area contributed by atoms with Crippen molar-refractivity contribution in [2.24, 2.45) is 0 Å². The second-order valence-corrected chi connectivity index (χ2v) is 6.49. The lowest BCUT2D eigenvalue weighted by molar-refractivity contribution is -0.140. The molecule has 0 aromatic heterocycles. The molecule has 0 radical (unpaired) electrons. The fraction of sp³-hybridized carbons (Fsp3) is 0.222. The molecular formula is C18H16BrNO3. The van der Waals surface area contributed by atoms with E-state index < -0.39 is 12.1 Å². The molecule has 0 N–H and O–H groups in total. The summed E-state index contributed by atoms with van der Waals surface area (Å²) in [6, 6.07) is 15.0. The Morgan fingerprint density at radius 2 is 1.91 bits per heavy atom. The first-order chi connectivity index (χ1) is 11.0. The van der Waals surface area contributed by atoms with Crippen LogP contribution in [0.1, 0.15) is 21.5 Å². The van der Waals surface area contributed by atoms with Gasteiger partial charge in [-0.3, -0.25) is 4.79 Å². The second-order valence-electron chi connectivity index (χ2n) is 5.58. The van der Waals surface area contributed by atoms with Gasteiger partial charge in [0.05, 0.1) is 5.56 Å². The number of carbonyl (C=O) groups is 2. The van der Waals surface area contributed by atoms with Crippen molar-refractivity contribution in [2.45, 2.75) is 19.1 Å². The Bertz CT molecular complexity index is 742. The summed E-state index contributed by atoms with van der Waals surface area (Å²) < 4.78 is 6.31. The van der Waals surface area contributed by atoms with E-state index >= 15 is 0 Å². The number of likely N-dealkylation sites (N-methyl/N-ethyl adjacent to an activating group) is 1. The van der Waals surface area contributed by atoms with E-state index in [1.54, 1.807) is 24.1 Å². The molecule has 2 aromatic rings. The van der Waals surface area contributed by atoms with Gasteiger partial charge in [-0.1, -0.05) is 46.3 Å². The number of ether oxygens (including phenoxy) is 1. The third kappa shape index (κ3) is 3.45. The molecule has 2 aromatic carbocycles. The smallest absolute Gasteiger partial charge is 0.339 e. The molecule has 0 aliphatic carbocycles. The molecule has 1 aliphatic heterocycles. The van der Waals surface area contributed by atoms with E-state index in [-0.39, 0.29) is 5.91 Å². The molecule has 118 valence electrons. The first kappa shape index (κ1) is 15.7. The van der Waals surface area contributed by atoms with Gasteiger partial charge in [0.2, 0.25) is 0 Å². The number of rotatable bonds is 3. The van der Waals surface area contributed by atoms with Gasteiger partial charge in [-0.25, -0.2) is 4.79 Å². The fourth-order valence-electron chi connectivity index (χ4n) is 2.66.